The standard InChI is InChI=1S/C18H16N2O6S/c1-11-8-9-12(27(24,25)19(2)3)10-15(11)18(23)26-20-16(21)13-6-4-5-7-14(13)17(20)22/h4-10H,1-3H3. The van der Waals surface area contributed by atoms with Gasteiger partial charge in [-0.3, -0.25) is 9.59 Å². The van der Waals surface area contributed by atoms with Crippen molar-refractivity contribution in [1.29, 1.82) is 0 Å². The Morgan fingerprint density at radius 1 is 1.00 bits per heavy atom. The number of hydrogen-bond acceptors (Lipinski definition) is 6. The van der Waals surface area contributed by atoms with E-state index in [0.717, 1.165) is 10.4 Å². The van der Waals surface area contributed by atoms with Gasteiger partial charge in [0.05, 0.1) is 21.6 Å². The molecule has 8 nitrogen and oxygen atoms in total. The Labute approximate surface area is 156 Å². The predicted molar refractivity (Wildman–Crippen MR) is 94.4 cm³/mol. The molecule has 0 atom stereocenters. The van der Waals surface area contributed by atoms with Gasteiger partial charge in [-0.2, -0.15) is 0 Å². The maximum Gasteiger partial charge on any atom is 0.364 e. The number of carbonyl (C=O) groups is 3. The van der Waals surface area contributed by atoms with Crippen molar-refractivity contribution in [1.82, 2.24) is 9.37 Å². The van der Waals surface area contributed by atoms with Crippen molar-refractivity contribution in [2.45, 2.75) is 11.8 Å². The van der Waals surface area contributed by atoms with Crippen LogP contribution in [0.2, 0.25) is 0 Å². The lowest BCUT2D eigenvalue weighted by Crippen LogP contribution is -2.33. The monoisotopic (exact) mass is 388 g/mol. The summed E-state index contributed by atoms with van der Waals surface area (Å²) in [6.45, 7) is 1.59. The SMILES string of the molecule is Cc1ccc(S(=O)(=O)N(C)C)cc1C(=O)ON1C(=O)c2ccccc2C1=O. The fraction of sp³-hybridized carbons (Fsp3) is 0.167. The Morgan fingerprint density at radius 3 is 2.07 bits per heavy atom. The number of rotatable bonds is 4. The van der Waals surface area contributed by atoms with Gasteiger partial charge < -0.3 is 4.84 Å². The molecule has 0 aromatic heterocycles. The largest absolute Gasteiger partial charge is 0.364 e. The molecule has 1 heterocycles. The number of aryl methyl sites for hydroxylation is 1. The number of carbonyl (C=O) groups excluding carboxylic acids is 3. The van der Waals surface area contributed by atoms with Crippen LogP contribution < -0.4 is 0 Å². The highest BCUT2D eigenvalue weighted by molar-refractivity contribution is 7.89. The summed E-state index contributed by atoms with van der Waals surface area (Å²) in [5.74, 6) is -2.50. The summed E-state index contributed by atoms with van der Waals surface area (Å²) in [6.07, 6.45) is 0. The molecule has 0 spiro atoms. The fourth-order valence-corrected chi connectivity index (χ4v) is 3.50. The molecule has 2 amide bonds. The van der Waals surface area contributed by atoms with Crippen LogP contribution in [0.15, 0.2) is 47.4 Å². The van der Waals surface area contributed by atoms with E-state index in [2.05, 4.69) is 0 Å². The molecule has 140 valence electrons. The number of sulfonamides is 1. The molecule has 0 aliphatic carbocycles. The summed E-state index contributed by atoms with van der Waals surface area (Å²) >= 11 is 0. The van der Waals surface area contributed by atoms with Crippen LogP contribution in [0, 0.1) is 6.92 Å². The summed E-state index contributed by atoms with van der Waals surface area (Å²) in [7, 11) is -1.03. The first-order chi connectivity index (χ1) is 12.6. The quantitative estimate of drug-likeness (QED) is 0.738. The van der Waals surface area contributed by atoms with Crippen LogP contribution in [0.5, 0.6) is 0 Å². The number of hydrogen-bond donors (Lipinski definition) is 0. The second-order valence-electron chi connectivity index (χ2n) is 6.09. The van der Waals surface area contributed by atoms with Gasteiger partial charge in [0.25, 0.3) is 11.8 Å². The first-order valence-electron chi connectivity index (χ1n) is 7.88. The molecular weight excluding hydrogens is 372 g/mol. The third kappa shape index (κ3) is 3.11. The lowest BCUT2D eigenvalue weighted by atomic mass is 10.1. The number of nitrogens with zero attached hydrogens (tertiary/aromatic N) is 2. The van der Waals surface area contributed by atoms with Crippen LogP contribution in [0.1, 0.15) is 36.6 Å². The zero-order valence-electron chi connectivity index (χ0n) is 14.8. The van der Waals surface area contributed by atoms with Crippen LogP contribution in [-0.2, 0) is 14.9 Å². The van der Waals surface area contributed by atoms with Crippen LogP contribution in [0.25, 0.3) is 0 Å². The molecule has 9 heteroatoms. The molecule has 0 saturated carbocycles. The van der Waals surface area contributed by atoms with Crippen molar-refractivity contribution in [2.75, 3.05) is 14.1 Å². The van der Waals surface area contributed by atoms with Gasteiger partial charge in [-0.05, 0) is 36.8 Å². The molecule has 0 bridgehead atoms. The molecule has 3 rings (SSSR count). The van der Waals surface area contributed by atoms with Crippen molar-refractivity contribution in [3.8, 4) is 0 Å². The Hall–Kier alpha value is -3.04. The third-order valence-corrected chi connectivity index (χ3v) is 5.95. The Bertz CT molecular complexity index is 1040. The Morgan fingerprint density at radius 2 is 1.56 bits per heavy atom. The molecular formula is C18H16N2O6S. The van der Waals surface area contributed by atoms with Crippen LogP contribution in [0.4, 0.5) is 0 Å². The van der Waals surface area contributed by atoms with Crippen molar-refractivity contribution in [3.05, 3.63) is 64.7 Å². The highest BCUT2D eigenvalue weighted by Crippen LogP contribution is 2.24. The molecule has 0 fully saturated rings. The summed E-state index contributed by atoms with van der Waals surface area (Å²) in [5, 5.41) is 0.388. The van der Waals surface area contributed by atoms with Gasteiger partial charge in [-0.1, -0.05) is 23.3 Å². The summed E-state index contributed by atoms with van der Waals surface area (Å²) in [6, 6.07) is 10.1. The van der Waals surface area contributed by atoms with E-state index in [-0.39, 0.29) is 21.6 Å². The maximum absolute atomic E-state index is 12.5. The lowest BCUT2D eigenvalue weighted by Gasteiger charge is -2.15. The minimum atomic E-state index is -3.76. The normalized spacial score (nSPS) is 13.9. The predicted octanol–water partition coefficient (Wildman–Crippen LogP) is 1.61. The molecule has 2 aromatic rings. The lowest BCUT2D eigenvalue weighted by molar-refractivity contribution is -0.0585. The van der Waals surface area contributed by atoms with E-state index in [0.29, 0.717) is 10.6 Å². The van der Waals surface area contributed by atoms with Gasteiger partial charge >= 0.3 is 5.97 Å². The highest BCUT2D eigenvalue weighted by atomic mass is 32.2. The number of fused-ring (bicyclic) bond motifs is 1. The van der Waals surface area contributed by atoms with Crippen LogP contribution in [-0.4, -0.2) is 49.7 Å². The molecule has 0 saturated heterocycles. The molecule has 0 unspecified atom stereocenters. The summed E-state index contributed by atoms with van der Waals surface area (Å²) in [4.78, 5) is 42.0. The van der Waals surface area contributed by atoms with E-state index in [4.69, 9.17) is 4.84 Å². The zero-order valence-corrected chi connectivity index (χ0v) is 15.6. The zero-order chi connectivity index (χ0) is 19.9. The van der Waals surface area contributed by atoms with Crippen LogP contribution >= 0.6 is 0 Å². The first kappa shape index (κ1) is 18.7. The van der Waals surface area contributed by atoms with E-state index >= 15 is 0 Å². The molecule has 0 N–H and O–H groups in total. The van der Waals surface area contributed by atoms with E-state index in [1.54, 1.807) is 19.1 Å². The number of hydroxylamine groups is 2. The maximum atomic E-state index is 12.5. The van der Waals surface area contributed by atoms with Gasteiger partial charge in [0, 0.05) is 14.1 Å². The Kier molecular flexibility index (Phi) is 4.58. The van der Waals surface area contributed by atoms with Crippen molar-refractivity contribution in [3.63, 3.8) is 0 Å². The fourth-order valence-electron chi connectivity index (χ4n) is 2.57. The highest BCUT2D eigenvalue weighted by Gasteiger charge is 2.39. The van der Waals surface area contributed by atoms with Gasteiger partial charge in [-0.25, -0.2) is 17.5 Å². The van der Waals surface area contributed by atoms with Gasteiger partial charge in [0.15, 0.2) is 0 Å². The van der Waals surface area contributed by atoms with Gasteiger partial charge in [0.1, 0.15) is 0 Å². The molecule has 2 aromatic carbocycles. The third-order valence-electron chi connectivity index (χ3n) is 4.14. The average Bonchev–Trinajstić information content (AvgIpc) is 2.87. The van der Waals surface area contributed by atoms with E-state index in [9.17, 15) is 22.8 Å². The molecule has 27 heavy (non-hydrogen) atoms. The first-order valence-corrected chi connectivity index (χ1v) is 9.32. The number of benzene rings is 2. The van der Waals surface area contributed by atoms with Crippen molar-refractivity contribution >= 4 is 27.8 Å². The minimum Gasteiger partial charge on any atom is -0.324 e. The van der Waals surface area contributed by atoms with Crippen LogP contribution in [0.3, 0.4) is 0 Å². The Balaban J connectivity index is 1.92. The molecule has 1 aliphatic rings. The van der Waals surface area contributed by atoms with Crippen molar-refractivity contribution in [2.24, 2.45) is 0 Å². The summed E-state index contributed by atoms with van der Waals surface area (Å²) in [5.41, 5.74) is 0.649. The molecule has 1 aliphatic heterocycles. The molecule has 0 radical (unpaired) electrons. The second-order valence-corrected chi connectivity index (χ2v) is 8.25. The van der Waals surface area contributed by atoms with E-state index in [1.807, 2.05) is 0 Å². The number of imide groups is 1. The summed E-state index contributed by atoms with van der Waals surface area (Å²) < 4.78 is 25.6. The topological polar surface area (TPSA) is 101 Å². The number of amides is 2. The van der Waals surface area contributed by atoms with Gasteiger partial charge in [-0.15, -0.1) is 0 Å². The minimum absolute atomic E-state index is 0.0607. The van der Waals surface area contributed by atoms with E-state index < -0.39 is 27.8 Å². The smallest absolute Gasteiger partial charge is 0.324 e. The van der Waals surface area contributed by atoms with Crippen molar-refractivity contribution < 1.29 is 27.6 Å². The second kappa shape index (κ2) is 6.60. The average molecular weight is 388 g/mol. The van der Waals surface area contributed by atoms with Gasteiger partial charge in [0.2, 0.25) is 10.0 Å². The van der Waals surface area contributed by atoms with E-state index in [1.165, 1.54) is 38.4 Å².